The normalized spacial score (nSPS) is 16.0. The molecule has 3 rings (SSSR count). The lowest BCUT2D eigenvalue weighted by molar-refractivity contribution is 0.102. The van der Waals surface area contributed by atoms with E-state index < -0.39 is 0 Å². The van der Waals surface area contributed by atoms with Gasteiger partial charge in [-0.25, -0.2) is 4.68 Å². The van der Waals surface area contributed by atoms with Gasteiger partial charge in [-0.05, 0) is 18.9 Å². The number of carbonyl (C=O) groups is 1. The number of anilines is 1. The predicted molar refractivity (Wildman–Crippen MR) is 66.4 cm³/mol. The zero-order valence-corrected chi connectivity index (χ0v) is 10.0. The summed E-state index contributed by atoms with van der Waals surface area (Å²) < 4.78 is 6.82. The van der Waals surface area contributed by atoms with Gasteiger partial charge >= 0.3 is 0 Å². The zero-order chi connectivity index (χ0) is 12.4. The molecule has 1 fully saturated rings. The van der Waals surface area contributed by atoms with E-state index in [1.165, 1.54) is 25.4 Å². The van der Waals surface area contributed by atoms with Crippen LogP contribution in [0.1, 0.15) is 42.1 Å². The molecule has 5 nitrogen and oxygen atoms in total. The molecule has 1 aliphatic carbocycles. The fraction of sp³-hybridized carbons (Fsp3) is 0.385. The highest BCUT2D eigenvalue weighted by atomic mass is 16.3. The van der Waals surface area contributed by atoms with Gasteiger partial charge in [0.1, 0.15) is 12.1 Å². The predicted octanol–water partition coefficient (Wildman–Crippen LogP) is 2.84. The van der Waals surface area contributed by atoms with Crippen LogP contribution in [-0.2, 0) is 0 Å². The summed E-state index contributed by atoms with van der Waals surface area (Å²) in [5.41, 5.74) is 0.522. The third kappa shape index (κ3) is 2.03. The second-order valence-electron chi connectivity index (χ2n) is 4.57. The number of aromatic nitrogens is 2. The summed E-state index contributed by atoms with van der Waals surface area (Å²) in [7, 11) is 0. The lowest BCUT2D eigenvalue weighted by Crippen LogP contribution is -2.17. The van der Waals surface area contributed by atoms with Gasteiger partial charge in [0, 0.05) is 6.07 Å². The van der Waals surface area contributed by atoms with Gasteiger partial charge < -0.3 is 9.73 Å². The first-order valence-electron chi connectivity index (χ1n) is 6.21. The van der Waals surface area contributed by atoms with E-state index in [-0.39, 0.29) is 5.91 Å². The number of hydrogen-bond donors (Lipinski definition) is 1. The lowest BCUT2D eigenvalue weighted by Gasteiger charge is -2.14. The highest BCUT2D eigenvalue weighted by Gasteiger charge is 2.20. The van der Waals surface area contributed by atoms with E-state index in [2.05, 4.69) is 10.4 Å². The maximum atomic E-state index is 11.9. The topological polar surface area (TPSA) is 60.1 Å². The van der Waals surface area contributed by atoms with Crippen LogP contribution in [0.2, 0.25) is 0 Å². The number of furan rings is 1. The molecule has 5 heteroatoms. The highest BCUT2D eigenvalue weighted by molar-refractivity contribution is 6.03. The van der Waals surface area contributed by atoms with Gasteiger partial charge in [-0.1, -0.05) is 12.8 Å². The van der Waals surface area contributed by atoms with Crippen molar-refractivity contribution < 1.29 is 9.21 Å². The lowest BCUT2D eigenvalue weighted by atomic mass is 10.2. The number of nitrogens with zero attached hydrogens (tertiary/aromatic N) is 2. The quantitative estimate of drug-likeness (QED) is 0.904. The molecule has 2 aromatic rings. The van der Waals surface area contributed by atoms with Crippen molar-refractivity contribution in [2.24, 2.45) is 0 Å². The van der Waals surface area contributed by atoms with Crippen molar-refractivity contribution >= 4 is 11.7 Å². The summed E-state index contributed by atoms with van der Waals surface area (Å²) in [5.74, 6) is 0.594. The second kappa shape index (κ2) is 4.68. The number of amides is 1. The molecule has 0 bridgehead atoms. The van der Waals surface area contributed by atoms with Crippen LogP contribution >= 0.6 is 0 Å². The Morgan fingerprint density at radius 3 is 2.94 bits per heavy atom. The van der Waals surface area contributed by atoms with Crippen LogP contribution in [0.15, 0.2) is 35.3 Å². The fourth-order valence-electron chi connectivity index (χ4n) is 2.44. The van der Waals surface area contributed by atoms with Gasteiger partial charge in [0.2, 0.25) is 0 Å². The standard InChI is InChI=1S/C13H15N3O2/c17-13(10-6-8-18-9-10)15-12-5-7-14-16(12)11-3-1-2-4-11/h5-9,11H,1-4H2,(H,15,17). The van der Waals surface area contributed by atoms with Crippen LogP contribution in [0.4, 0.5) is 5.82 Å². The van der Waals surface area contributed by atoms with Crippen LogP contribution < -0.4 is 5.32 Å². The maximum Gasteiger partial charge on any atom is 0.260 e. The Morgan fingerprint density at radius 1 is 1.39 bits per heavy atom. The molecular formula is C13H15N3O2. The number of nitrogens with one attached hydrogen (secondary N) is 1. The van der Waals surface area contributed by atoms with Crippen LogP contribution in [0.3, 0.4) is 0 Å². The van der Waals surface area contributed by atoms with Crippen LogP contribution in [0.25, 0.3) is 0 Å². The number of hydrogen-bond acceptors (Lipinski definition) is 3. The van der Waals surface area contributed by atoms with Gasteiger partial charge in [0.15, 0.2) is 0 Å². The van der Waals surface area contributed by atoms with Crippen molar-refractivity contribution in [1.82, 2.24) is 9.78 Å². The van der Waals surface area contributed by atoms with Gasteiger partial charge in [0.05, 0.1) is 24.1 Å². The molecule has 0 spiro atoms. The molecule has 1 aliphatic rings. The maximum absolute atomic E-state index is 11.9. The Kier molecular flexibility index (Phi) is 2.88. The first kappa shape index (κ1) is 11.1. The molecule has 1 amide bonds. The fourth-order valence-corrected chi connectivity index (χ4v) is 2.44. The molecule has 0 aliphatic heterocycles. The van der Waals surface area contributed by atoms with Crippen molar-refractivity contribution in [3.05, 3.63) is 36.4 Å². The van der Waals surface area contributed by atoms with E-state index in [9.17, 15) is 4.79 Å². The van der Waals surface area contributed by atoms with E-state index in [1.807, 2.05) is 10.7 Å². The molecule has 2 aromatic heterocycles. The molecule has 0 aromatic carbocycles. The summed E-state index contributed by atoms with van der Waals surface area (Å²) in [5, 5.41) is 7.18. The molecule has 0 unspecified atom stereocenters. The molecule has 94 valence electrons. The van der Waals surface area contributed by atoms with Gasteiger partial charge in [0.25, 0.3) is 5.91 Å². The molecule has 18 heavy (non-hydrogen) atoms. The largest absolute Gasteiger partial charge is 0.472 e. The van der Waals surface area contributed by atoms with Crippen LogP contribution in [0.5, 0.6) is 0 Å². The molecule has 1 N–H and O–H groups in total. The van der Waals surface area contributed by atoms with Crippen molar-refractivity contribution in [3.8, 4) is 0 Å². The van der Waals surface area contributed by atoms with Crippen molar-refractivity contribution in [2.75, 3.05) is 5.32 Å². The molecule has 0 saturated heterocycles. The number of rotatable bonds is 3. The van der Waals surface area contributed by atoms with E-state index in [0.717, 1.165) is 18.7 Å². The number of carbonyl (C=O) groups excluding carboxylic acids is 1. The third-order valence-corrected chi connectivity index (χ3v) is 3.37. The monoisotopic (exact) mass is 245 g/mol. The van der Waals surface area contributed by atoms with Gasteiger partial charge in [-0.3, -0.25) is 4.79 Å². The van der Waals surface area contributed by atoms with Crippen LogP contribution in [-0.4, -0.2) is 15.7 Å². The Hall–Kier alpha value is -2.04. The van der Waals surface area contributed by atoms with Gasteiger partial charge in [-0.15, -0.1) is 0 Å². The summed E-state index contributed by atoms with van der Waals surface area (Å²) in [6.45, 7) is 0. The summed E-state index contributed by atoms with van der Waals surface area (Å²) >= 11 is 0. The first-order chi connectivity index (χ1) is 8.84. The molecule has 1 saturated carbocycles. The van der Waals surface area contributed by atoms with E-state index in [0.29, 0.717) is 11.6 Å². The molecular weight excluding hydrogens is 230 g/mol. The average molecular weight is 245 g/mol. The Balaban J connectivity index is 1.77. The minimum absolute atomic E-state index is 0.163. The summed E-state index contributed by atoms with van der Waals surface area (Å²) in [6.07, 6.45) is 9.39. The first-order valence-corrected chi connectivity index (χ1v) is 6.21. The Bertz CT molecular complexity index is 524. The smallest absolute Gasteiger partial charge is 0.260 e. The molecule has 0 radical (unpaired) electrons. The van der Waals surface area contributed by atoms with E-state index in [1.54, 1.807) is 12.3 Å². The summed E-state index contributed by atoms with van der Waals surface area (Å²) in [4.78, 5) is 11.9. The molecule has 0 atom stereocenters. The Labute approximate surface area is 105 Å². The highest BCUT2D eigenvalue weighted by Crippen LogP contribution is 2.31. The third-order valence-electron chi connectivity index (χ3n) is 3.37. The average Bonchev–Trinajstić information content (AvgIpc) is 3.11. The van der Waals surface area contributed by atoms with Crippen molar-refractivity contribution in [2.45, 2.75) is 31.7 Å². The molecule has 2 heterocycles. The minimum atomic E-state index is -0.163. The second-order valence-corrected chi connectivity index (χ2v) is 4.57. The minimum Gasteiger partial charge on any atom is -0.472 e. The van der Waals surface area contributed by atoms with E-state index >= 15 is 0 Å². The van der Waals surface area contributed by atoms with Crippen LogP contribution in [0, 0.1) is 0 Å². The zero-order valence-electron chi connectivity index (χ0n) is 10.0. The van der Waals surface area contributed by atoms with Crippen molar-refractivity contribution in [1.29, 1.82) is 0 Å². The SMILES string of the molecule is O=C(Nc1ccnn1C1CCCC1)c1ccoc1. The Morgan fingerprint density at radius 2 is 2.22 bits per heavy atom. The van der Waals surface area contributed by atoms with E-state index in [4.69, 9.17) is 4.42 Å². The van der Waals surface area contributed by atoms with Gasteiger partial charge in [-0.2, -0.15) is 5.10 Å². The summed E-state index contributed by atoms with van der Waals surface area (Å²) in [6, 6.07) is 3.89. The van der Waals surface area contributed by atoms with Crippen molar-refractivity contribution in [3.63, 3.8) is 0 Å².